The number of halogens is 3. The molecule has 3 heterocycles. The SMILES string of the molecule is Cc1noc([C@@H]2C[C@H]2C(=O)NCc2ccc(-c3cccc(C(F)(F)F)c3)c3c2CN(C(=O)NC2(C)COC2)CC3)n1. The van der Waals surface area contributed by atoms with Gasteiger partial charge in [0, 0.05) is 19.6 Å². The van der Waals surface area contributed by atoms with E-state index in [1.165, 1.54) is 6.07 Å². The Morgan fingerprint density at radius 3 is 2.66 bits per heavy atom. The molecule has 1 saturated heterocycles. The molecule has 2 fully saturated rings. The minimum absolute atomic E-state index is 0.107. The molecule has 2 atom stereocenters. The van der Waals surface area contributed by atoms with E-state index in [1.54, 1.807) is 24.0 Å². The number of fused-ring (bicyclic) bond motifs is 1. The fraction of sp³-hybridized carbons (Fsp3) is 0.448. The van der Waals surface area contributed by atoms with Crippen LogP contribution in [-0.2, 0) is 35.2 Å². The topological polar surface area (TPSA) is 110 Å². The highest BCUT2D eigenvalue weighted by atomic mass is 19.4. The first-order chi connectivity index (χ1) is 19.5. The average Bonchev–Trinajstić information content (AvgIpc) is 3.62. The van der Waals surface area contributed by atoms with Gasteiger partial charge in [-0.25, -0.2) is 4.79 Å². The zero-order chi connectivity index (χ0) is 28.9. The fourth-order valence-corrected chi connectivity index (χ4v) is 5.57. The van der Waals surface area contributed by atoms with Crippen molar-refractivity contribution in [1.29, 1.82) is 0 Å². The van der Waals surface area contributed by atoms with Gasteiger partial charge < -0.3 is 24.8 Å². The predicted octanol–water partition coefficient (Wildman–Crippen LogP) is 4.34. The summed E-state index contributed by atoms with van der Waals surface area (Å²) in [6, 6.07) is 8.67. The Labute approximate surface area is 234 Å². The molecule has 2 N–H and O–H groups in total. The van der Waals surface area contributed by atoms with Crippen LogP contribution in [0.4, 0.5) is 18.0 Å². The smallest absolute Gasteiger partial charge is 0.376 e. The lowest BCUT2D eigenvalue weighted by Crippen LogP contribution is -2.62. The van der Waals surface area contributed by atoms with E-state index in [1.807, 2.05) is 13.0 Å². The van der Waals surface area contributed by atoms with Crippen molar-refractivity contribution in [2.45, 2.75) is 57.4 Å². The Kier molecular flexibility index (Phi) is 6.75. The van der Waals surface area contributed by atoms with E-state index in [-0.39, 0.29) is 36.9 Å². The van der Waals surface area contributed by atoms with Crippen molar-refractivity contribution in [1.82, 2.24) is 25.7 Å². The van der Waals surface area contributed by atoms with Crippen LogP contribution in [0, 0.1) is 12.8 Å². The van der Waals surface area contributed by atoms with Crippen LogP contribution in [0.25, 0.3) is 11.1 Å². The van der Waals surface area contributed by atoms with Gasteiger partial charge in [0.05, 0.1) is 36.2 Å². The Balaban J connectivity index is 1.25. The Hall–Kier alpha value is -3.93. The van der Waals surface area contributed by atoms with Gasteiger partial charge >= 0.3 is 12.2 Å². The van der Waals surface area contributed by atoms with Crippen molar-refractivity contribution in [3.8, 4) is 11.1 Å². The van der Waals surface area contributed by atoms with Gasteiger partial charge in [-0.3, -0.25) is 4.79 Å². The molecule has 3 aliphatic rings. The van der Waals surface area contributed by atoms with Gasteiger partial charge in [-0.2, -0.15) is 18.2 Å². The zero-order valence-corrected chi connectivity index (χ0v) is 22.7. The molecule has 2 aromatic carbocycles. The number of rotatable bonds is 6. The first-order valence-electron chi connectivity index (χ1n) is 13.5. The third kappa shape index (κ3) is 5.52. The number of ether oxygens (including phenoxy) is 1. The number of benzene rings is 2. The Morgan fingerprint density at radius 1 is 1.17 bits per heavy atom. The number of carbonyl (C=O) groups is 2. The van der Waals surface area contributed by atoms with Gasteiger partial charge in [-0.15, -0.1) is 0 Å². The molecule has 41 heavy (non-hydrogen) atoms. The number of hydrogen-bond donors (Lipinski definition) is 2. The van der Waals surface area contributed by atoms with Crippen molar-refractivity contribution in [3.63, 3.8) is 0 Å². The van der Waals surface area contributed by atoms with E-state index in [9.17, 15) is 22.8 Å². The molecule has 3 aromatic rings. The van der Waals surface area contributed by atoms with E-state index in [0.29, 0.717) is 55.4 Å². The van der Waals surface area contributed by atoms with Crippen LogP contribution >= 0.6 is 0 Å². The molecule has 1 saturated carbocycles. The van der Waals surface area contributed by atoms with Crippen molar-refractivity contribution >= 4 is 11.9 Å². The van der Waals surface area contributed by atoms with Crippen LogP contribution in [0.15, 0.2) is 40.9 Å². The molecule has 0 radical (unpaired) electrons. The molecule has 12 heteroatoms. The van der Waals surface area contributed by atoms with Crippen LogP contribution < -0.4 is 10.6 Å². The lowest BCUT2D eigenvalue weighted by molar-refractivity contribution is -0.137. The summed E-state index contributed by atoms with van der Waals surface area (Å²) >= 11 is 0. The van der Waals surface area contributed by atoms with Crippen molar-refractivity contribution in [2.75, 3.05) is 19.8 Å². The molecular formula is C29H30F3N5O4. The van der Waals surface area contributed by atoms with E-state index in [2.05, 4.69) is 20.8 Å². The van der Waals surface area contributed by atoms with Crippen molar-refractivity contribution in [3.05, 3.63) is 70.4 Å². The standard InChI is InChI=1S/C29H30F3N5O4/c1-16-34-26(41-36-16)23-11-22(23)25(38)33-12-18-6-7-20(17-4-3-5-19(10-17)29(30,31)32)21-8-9-37(13-24(18)21)27(39)35-28(2)14-40-15-28/h3-7,10,22-23H,8-9,11-15H2,1-2H3,(H,33,38)(H,35,39)/t22-,23-/m1/s1. The third-order valence-electron chi connectivity index (χ3n) is 7.99. The molecule has 1 aliphatic carbocycles. The summed E-state index contributed by atoms with van der Waals surface area (Å²) in [5.41, 5.74) is 2.52. The summed E-state index contributed by atoms with van der Waals surface area (Å²) in [5.74, 6) is 0.473. The first kappa shape index (κ1) is 27.3. The first-order valence-corrected chi connectivity index (χ1v) is 13.5. The van der Waals surface area contributed by atoms with Gasteiger partial charge in [0.2, 0.25) is 11.8 Å². The maximum atomic E-state index is 13.5. The quantitative estimate of drug-likeness (QED) is 0.457. The number of nitrogens with zero attached hydrogens (tertiary/aromatic N) is 3. The predicted molar refractivity (Wildman–Crippen MR) is 140 cm³/mol. The second kappa shape index (κ2) is 10.2. The van der Waals surface area contributed by atoms with Crippen LogP contribution in [0.3, 0.4) is 0 Å². The van der Waals surface area contributed by atoms with Gasteiger partial charge in [-0.05, 0) is 66.6 Å². The number of aryl methyl sites for hydroxylation is 1. The summed E-state index contributed by atoms with van der Waals surface area (Å²) in [4.78, 5) is 32.0. The van der Waals surface area contributed by atoms with E-state index in [4.69, 9.17) is 9.26 Å². The summed E-state index contributed by atoms with van der Waals surface area (Å²) in [5, 5.41) is 9.81. The normalized spacial score (nSPS) is 21.0. The minimum Gasteiger partial charge on any atom is -0.376 e. The van der Waals surface area contributed by atoms with Crippen LogP contribution in [0.1, 0.15) is 53.2 Å². The molecule has 6 rings (SSSR count). The van der Waals surface area contributed by atoms with Gasteiger partial charge in [0.25, 0.3) is 0 Å². The Morgan fingerprint density at radius 2 is 1.98 bits per heavy atom. The van der Waals surface area contributed by atoms with E-state index >= 15 is 0 Å². The highest BCUT2D eigenvalue weighted by Crippen LogP contribution is 2.47. The molecule has 0 spiro atoms. The third-order valence-corrected chi connectivity index (χ3v) is 7.99. The molecule has 9 nitrogen and oxygen atoms in total. The number of urea groups is 1. The number of alkyl halides is 3. The minimum atomic E-state index is -4.46. The number of amides is 3. The molecule has 1 aromatic heterocycles. The van der Waals surface area contributed by atoms with E-state index < -0.39 is 17.3 Å². The maximum Gasteiger partial charge on any atom is 0.416 e. The summed E-state index contributed by atoms with van der Waals surface area (Å²) in [6.07, 6.45) is -3.38. The summed E-state index contributed by atoms with van der Waals surface area (Å²) < 4.78 is 50.9. The maximum absolute atomic E-state index is 13.5. The van der Waals surface area contributed by atoms with E-state index in [0.717, 1.165) is 28.8 Å². The Bertz CT molecular complexity index is 1500. The fourth-order valence-electron chi connectivity index (χ4n) is 5.57. The van der Waals surface area contributed by atoms with Gasteiger partial charge in [0.1, 0.15) is 0 Å². The van der Waals surface area contributed by atoms with Crippen molar-refractivity contribution in [2.24, 2.45) is 5.92 Å². The molecule has 0 bridgehead atoms. The molecule has 216 valence electrons. The number of aromatic nitrogens is 2. The van der Waals surface area contributed by atoms with Gasteiger partial charge in [0.15, 0.2) is 5.82 Å². The molecule has 2 aliphatic heterocycles. The second-order valence-electron chi connectivity index (χ2n) is 11.3. The van der Waals surface area contributed by atoms with Crippen molar-refractivity contribution < 1.29 is 32.0 Å². The average molecular weight is 570 g/mol. The lowest BCUT2D eigenvalue weighted by atomic mass is 9.87. The molecule has 3 amide bonds. The van der Waals surface area contributed by atoms with Crippen LogP contribution in [-0.4, -0.2) is 52.3 Å². The summed E-state index contributed by atoms with van der Waals surface area (Å²) in [7, 11) is 0. The lowest BCUT2D eigenvalue weighted by Gasteiger charge is -2.41. The number of carbonyl (C=O) groups excluding carboxylic acids is 2. The van der Waals surface area contributed by atoms with Crippen LogP contribution in [0.2, 0.25) is 0 Å². The highest BCUT2D eigenvalue weighted by Gasteiger charge is 2.47. The summed E-state index contributed by atoms with van der Waals surface area (Å²) in [6.45, 7) is 5.41. The molecule has 0 unspecified atom stereocenters. The monoisotopic (exact) mass is 569 g/mol. The second-order valence-corrected chi connectivity index (χ2v) is 11.3. The van der Waals surface area contributed by atoms with Gasteiger partial charge in [-0.1, -0.05) is 29.4 Å². The highest BCUT2D eigenvalue weighted by molar-refractivity contribution is 5.83. The van der Waals surface area contributed by atoms with Crippen LogP contribution in [0.5, 0.6) is 0 Å². The number of hydrogen-bond acceptors (Lipinski definition) is 6. The molecular weight excluding hydrogens is 539 g/mol. The largest absolute Gasteiger partial charge is 0.416 e. The number of nitrogens with one attached hydrogen (secondary N) is 2. The zero-order valence-electron chi connectivity index (χ0n) is 22.7.